The number of halogens is 2. The largest absolute Gasteiger partial charge is 0.476 e. The normalized spacial score (nSPS) is 11.9. The molecule has 34 heavy (non-hydrogen) atoms. The zero-order chi connectivity index (χ0) is 24.0. The van der Waals surface area contributed by atoms with Crippen LogP contribution < -0.4 is 5.32 Å². The molecule has 0 fully saturated rings. The lowest BCUT2D eigenvalue weighted by atomic mass is 9.77. The Kier molecular flexibility index (Phi) is 6.93. The summed E-state index contributed by atoms with van der Waals surface area (Å²) < 4.78 is 24.8. The molecule has 0 atom stereocenters. The maximum atomic E-state index is 12.4. The van der Waals surface area contributed by atoms with Crippen LogP contribution >= 0.6 is 11.3 Å². The van der Waals surface area contributed by atoms with E-state index in [0.717, 1.165) is 28.0 Å². The number of nitrogens with zero attached hydrogens (tertiary/aromatic N) is 2. The van der Waals surface area contributed by atoms with E-state index in [-0.39, 0.29) is 5.69 Å². The van der Waals surface area contributed by atoms with E-state index < -0.39 is 23.8 Å². The van der Waals surface area contributed by atoms with Crippen molar-refractivity contribution in [3.8, 4) is 0 Å². The molecule has 172 valence electrons. The van der Waals surface area contributed by atoms with Crippen LogP contribution in [0.1, 0.15) is 22.4 Å². The van der Waals surface area contributed by atoms with E-state index in [1.165, 1.54) is 5.38 Å². The first-order valence-corrected chi connectivity index (χ1v) is 11.0. The fraction of sp³-hybridized carbons (Fsp3) is 0.0800. The number of nitrogens with one attached hydrogen (secondary N) is 1. The number of oxime groups is 1. The third-order valence-electron chi connectivity index (χ3n) is 5.09. The first-order chi connectivity index (χ1) is 16.5. The molecule has 0 saturated carbocycles. The van der Waals surface area contributed by atoms with E-state index in [4.69, 9.17) is 0 Å². The fourth-order valence-corrected chi connectivity index (χ4v) is 4.42. The van der Waals surface area contributed by atoms with Gasteiger partial charge in [-0.1, -0.05) is 96.2 Å². The summed E-state index contributed by atoms with van der Waals surface area (Å²) >= 11 is 1.13. The quantitative estimate of drug-likeness (QED) is 0.186. The van der Waals surface area contributed by atoms with Crippen molar-refractivity contribution < 1.29 is 23.5 Å². The van der Waals surface area contributed by atoms with E-state index in [1.54, 1.807) is 0 Å². The topological polar surface area (TPSA) is 83.8 Å². The van der Waals surface area contributed by atoms with Crippen molar-refractivity contribution in [3.05, 3.63) is 119 Å². The summed E-state index contributed by atoms with van der Waals surface area (Å²) in [6.45, 7) is -3.24. The molecule has 1 aromatic heterocycles. The van der Waals surface area contributed by atoms with Gasteiger partial charge in [0, 0.05) is 5.38 Å². The Hall–Kier alpha value is -4.11. The van der Waals surface area contributed by atoms with Gasteiger partial charge in [0.15, 0.2) is 5.13 Å². The number of anilines is 1. The zero-order valence-corrected chi connectivity index (χ0v) is 18.5. The van der Waals surface area contributed by atoms with Crippen LogP contribution in [0.3, 0.4) is 0 Å². The van der Waals surface area contributed by atoms with E-state index in [1.807, 2.05) is 91.0 Å². The number of thiazole rings is 1. The fourth-order valence-electron chi connectivity index (χ4n) is 3.67. The Morgan fingerprint density at radius 2 is 1.38 bits per heavy atom. The minimum atomic E-state index is -3.24. The van der Waals surface area contributed by atoms with Crippen molar-refractivity contribution >= 4 is 28.1 Å². The molecule has 0 unspecified atom stereocenters. The summed E-state index contributed by atoms with van der Waals surface area (Å²) in [4.78, 5) is 19.8. The summed E-state index contributed by atoms with van der Waals surface area (Å²) in [6, 6.07) is 29.3. The lowest BCUT2D eigenvalue weighted by Gasteiger charge is -2.36. The second kappa shape index (κ2) is 10.2. The van der Waals surface area contributed by atoms with Gasteiger partial charge in [0.1, 0.15) is 11.2 Å². The molecule has 0 aliphatic rings. The highest BCUT2D eigenvalue weighted by atomic mass is 32.1. The number of carboxylic acid groups (broad SMARTS) is 1. The molecule has 6 nitrogen and oxygen atoms in total. The number of alkyl halides is 2. The predicted molar refractivity (Wildman–Crippen MR) is 126 cm³/mol. The van der Waals surface area contributed by atoms with Crippen LogP contribution in [0, 0.1) is 0 Å². The van der Waals surface area contributed by atoms with Crippen molar-refractivity contribution in [2.24, 2.45) is 5.16 Å². The highest BCUT2D eigenvalue weighted by Crippen LogP contribution is 2.40. The van der Waals surface area contributed by atoms with Crippen LogP contribution in [-0.4, -0.2) is 28.4 Å². The van der Waals surface area contributed by atoms with Crippen LogP contribution in [0.25, 0.3) is 0 Å². The minimum absolute atomic E-state index is 0.0938. The highest BCUT2D eigenvalue weighted by molar-refractivity contribution is 7.14. The van der Waals surface area contributed by atoms with Gasteiger partial charge in [-0.05, 0) is 16.7 Å². The summed E-state index contributed by atoms with van der Waals surface area (Å²) in [5, 5.41) is 17.8. The van der Waals surface area contributed by atoms with Gasteiger partial charge >= 0.3 is 12.6 Å². The number of aliphatic carboxylic acids is 1. The molecule has 0 bridgehead atoms. The minimum Gasteiger partial charge on any atom is -0.476 e. The van der Waals surface area contributed by atoms with Gasteiger partial charge < -0.3 is 15.3 Å². The predicted octanol–water partition coefficient (Wildman–Crippen LogP) is 5.58. The van der Waals surface area contributed by atoms with Crippen LogP contribution in [0.2, 0.25) is 0 Å². The van der Waals surface area contributed by atoms with Crippen LogP contribution in [0.5, 0.6) is 0 Å². The molecule has 1 heterocycles. The van der Waals surface area contributed by atoms with Gasteiger partial charge in [-0.3, -0.25) is 0 Å². The van der Waals surface area contributed by atoms with Crippen molar-refractivity contribution in [1.29, 1.82) is 0 Å². The average Bonchev–Trinajstić information content (AvgIpc) is 3.32. The monoisotopic (exact) mass is 479 g/mol. The maximum Gasteiger partial charge on any atom is 0.407 e. The van der Waals surface area contributed by atoms with Gasteiger partial charge in [-0.15, -0.1) is 11.3 Å². The van der Waals surface area contributed by atoms with Gasteiger partial charge in [-0.2, -0.15) is 8.78 Å². The lowest BCUT2D eigenvalue weighted by Crippen LogP contribution is -2.38. The van der Waals surface area contributed by atoms with Crippen LogP contribution in [0.4, 0.5) is 13.9 Å². The Labute approximate surface area is 198 Å². The van der Waals surface area contributed by atoms with Crippen LogP contribution in [0.15, 0.2) is 102 Å². The van der Waals surface area contributed by atoms with E-state index in [0.29, 0.717) is 5.13 Å². The van der Waals surface area contributed by atoms with Crippen LogP contribution in [-0.2, 0) is 15.2 Å². The van der Waals surface area contributed by atoms with Crippen molar-refractivity contribution in [2.45, 2.75) is 12.2 Å². The van der Waals surface area contributed by atoms with Gasteiger partial charge in [0.2, 0.25) is 5.71 Å². The molecule has 0 spiro atoms. The first-order valence-electron chi connectivity index (χ1n) is 10.2. The second-order valence-corrected chi connectivity index (χ2v) is 7.98. The molecule has 0 aliphatic heterocycles. The molecule has 4 aromatic rings. The Morgan fingerprint density at radius 1 is 0.912 bits per heavy atom. The summed E-state index contributed by atoms with van der Waals surface area (Å²) in [5.74, 6) is -1.53. The maximum absolute atomic E-state index is 12.4. The standard InChI is InChI=1S/C25H19F2N3O3S/c26-23(27)33-30-21(22(31)32)20-16-34-24(28-20)29-25(17-10-4-1-5-11-17,18-12-6-2-7-13-18)19-14-8-3-9-15-19/h1-16,23H,(H,28,29)(H,31,32). The summed E-state index contributed by atoms with van der Waals surface area (Å²) in [7, 11) is 0. The Balaban J connectivity index is 1.85. The number of carbonyl (C=O) groups is 1. The van der Waals surface area contributed by atoms with E-state index >= 15 is 0 Å². The third kappa shape index (κ3) is 4.79. The molecule has 0 saturated heterocycles. The number of hydrogen-bond acceptors (Lipinski definition) is 6. The molecule has 9 heteroatoms. The number of carboxylic acids is 1. The SMILES string of the molecule is O=C(O)C(=NOC(F)F)c1csc(NC(c2ccccc2)(c2ccccc2)c2ccccc2)n1. The Bertz CT molecular complexity index is 1170. The molecule has 0 amide bonds. The smallest absolute Gasteiger partial charge is 0.407 e. The second-order valence-electron chi connectivity index (χ2n) is 7.12. The summed E-state index contributed by atoms with van der Waals surface area (Å²) in [5.41, 5.74) is 1.10. The number of hydrogen-bond donors (Lipinski definition) is 2. The van der Waals surface area contributed by atoms with E-state index in [2.05, 4.69) is 20.3 Å². The molecule has 4 rings (SSSR count). The molecule has 3 aromatic carbocycles. The zero-order valence-electron chi connectivity index (χ0n) is 17.6. The van der Waals surface area contributed by atoms with E-state index in [9.17, 15) is 18.7 Å². The number of benzene rings is 3. The van der Waals surface area contributed by atoms with Crippen molar-refractivity contribution in [2.75, 3.05) is 5.32 Å². The molecule has 0 aliphatic carbocycles. The highest BCUT2D eigenvalue weighted by Gasteiger charge is 2.37. The summed E-state index contributed by atoms with van der Waals surface area (Å²) in [6.07, 6.45) is 0. The molecular formula is C25H19F2N3O3S. The van der Waals surface area contributed by atoms with Gasteiger partial charge in [0.05, 0.1) is 0 Å². The lowest BCUT2D eigenvalue weighted by molar-refractivity contribution is -0.134. The van der Waals surface area contributed by atoms with Crippen molar-refractivity contribution in [1.82, 2.24) is 4.98 Å². The third-order valence-corrected chi connectivity index (χ3v) is 5.85. The first kappa shape index (κ1) is 23.1. The van der Waals surface area contributed by atoms with Crippen molar-refractivity contribution in [3.63, 3.8) is 0 Å². The average molecular weight is 480 g/mol. The molecule has 2 N–H and O–H groups in total. The number of rotatable bonds is 9. The van der Waals surface area contributed by atoms with Gasteiger partial charge in [-0.25, -0.2) is 9.78 Å². The molecular weight excluding hydrogens is 460 g/mol. The Morgan fingerprint density at radius 3 is 1.79 bits per heavy atom. The number of aromatic nitrogens is 1. The molecule has 0 radical (unpaired) electrons. The van der Waals surface area contributed by atoms with Gasteiger partial charge in [0.25, 0.3) is 0 Å².